The maximum Gasteiger partial charge on any atom is 0.243 e. The molecule has 1 aliphatic rings. The Hall–Kier alpha value is -4.95. The number of nitrogens with zero attached hydrogens (tertiary/aromatic N) is 8. The van der Waals surface area contributed by atoms with E-state index in [0.29, 0.717) is 22.9 Å². The van der Waals surface area contributed by atoms with Gasteiger partial charge in [-0.2, -0.15) is 9.61 Å². The van der Waals surface area contributed by atoms with Gasteiger partial charge in [-0.05, 0) is 61.0 Å². The number of nitrogens with one attached hydrogen (secondary N) is 2. The van der Waals surface area contributed by atoms with E-state index in [1.54, 1.807) is 16.1 Å². The first-order valence-corrected chi connectivity index (χ1v) is 16.5. The van der Waals surface area contributed by atoms with E-state index in [2.05, 4.69) is 69.2 Å². The molecule has 12 nitrogen and oxygen atoms in total. The number of allylic oxidation sites excluding steroid dienone is 4. The molecule has 1 aliphatic carbocycles. The normalized spacial score (nSPS) is 14.9. The van der Waals surface area contributed by atoms with Crippen molar-refractivity contribution in [3.8, 4) is 11.3 Å². The maximum absolute atomic E-state index is 11.9. The van der Waals surface area contributed by atoms with Crippen molar-refractivity contribution in [1.82, 2.24) is 34.8 Å². The van der Waals surface area contributed by atoms with Crippen molar-refractivity contribution in [2.45, 2.75) is 39.3 Å². The fraction of sp³-hybridized carbons (Fsp3) is 0.250. The van der Waals surface area contributed by atoms with Crippen LogP contribution in [-0.2, 0) is 15.1 Å². The Labute approximate surface area is 273 Å². The number of benzene rings is 2. The number of imidazole rings is 1. The molecule has 2 aromatic carbocycles. The largest absolute Gasteiger partial charge is 0.371 e. The number of carbonyl (C=O) groups is 2. The van der Waals surface area contributed by atoms with Crippen LogP contribution in [0.2, 0.25) is 0 Å². The lowest BCUT2D eigenvalue weighted by Crippen LogP contribution is -2.29. The first kappa shape index (κ1) is 31.0. The summed E-state index contributed by atoms with van der Waals surface area (Å²) < 4.78 is 3.65. The van der Waals surface area contributed by atoms with Crippen molar-refractivity contribution in [3.63, 3.8) is 0 Å². The molecule has 1 amide bonds. The minimum atomic E-state index is -0.310. The fourth-order valence-corrected chi connectivity index (χ4v) is 6.44. The van der Waals surface area contributed by atoms with Gasteiger partial charge < -0.3 is 10.6 Å². The van der Waals surface area contributed by atoms with Crippen LogP contribution in [0.3, 0.4) is 0 Å². The summed E-state index contributed by atoms with van der Waals surface area (Å²) in [5.41, 5.74) is 5.61. The van der Waals surface area contributed by atoms with Crippen molar-refractivity contribution in [1.29, 1.82) is 0 Å². The van der Waals surface area contributed by atoms with Gasteiger partial charge in [-0.15, -0.1) is 16.9 Å². The number of amides is 1. The number of aliphatic imine (C=N–C) groups is 1. The third-order valence-corrected chi connectivity index (χ3v) is 8.72. The molecule has 1 atom stereocenters. The van der Waals surface area contributed by atoms with Gasteiger partial charge in [0.25, 0.3) is 0 Å². The highest BCUT2D eigenvalue weighted by Crippen LogP contribution is 2.33. The molecule has 3 heterocycles. The average Bonchev–Trinajstić information content (AvgIpc) is 3.77. The second-order valence-electron chi connectivity index (χ2n) is 11.5. The Balaban J connectivity index is 1.20. The van der Waals surface area contributed by atoms with E-state index in [9.17, 15) is 9.59 Å². The topological polar surface area (TPSA) is 144 Å². The van der Waals surface area contributed by atoms with Gasteiger partial charge >= 0.3 is 0 Å². The molecule has 14 heteroatoms. The minimum Gasteiger partial charge on any atom is -0.371 e. The third kappa shape index (κ3) is 6.82. The summed E-state index contributed by atoms with van der Waals surface area (Å²) in [4.78, 5) is 33.8. The van der Waals surface area contributed by atoms with Crippen LogP contribution < -0.4 is 10.6 Å². The zero-order valence-corrected chi connectivity index (χ0v) is 27.3. The number of hydrogen-bond acceptors (Lipinski definition) is 11. The average molecular weight is 653 g/mol. The van der Waals surface area contributed by atoms with Crippen LogP contribution in [0.15, 0.2) is 88.2 Å². The summed E-state index contributed by atoms with van der Waals surface area (Å²) in [6, 6.07) is 17.9. The Kier molecular flexibility index (Phi) is 8.90. The smallest absolute Gasteiger partial charge is 0.243 e. The predicted molar refractivity (Wildman–Crippen MR) is 182 cm³/mol. The second-order valence-corrected chi connectivity index (χ2v) is 13.4. The molecule has 0 bridgehead atoms. The van der Waals surface area contributed by atoms with Crippen LogP contribution in [0.25, 0.3) is 16.2 Å². The van der Waals surface area contributed by atoms with Crippen molar-refractivity contribution >= 4 is 57.0 Å². The summed E-state index contributed by atoms with van der Waals surface area (Å²) in [7, 11) is 0. The van der Waals surface area contributed by atoms with E-state index < -0.39 is 0 Å². The van der Waals surface area contributed by atoms with Gasteiger partial charge in [-0.25, -0.2) is 14.7 Å². The lowest BCUT2D eigenvalue weighted by molar-refractivity contribution is -0.115. The minimum absolute atomic E-state index is 0.124. The third-order valence-electron chi connectivity index (χ3n) is 7.00. The Morgan fingerprint density at radius 2 is 1.87 bits per heavy atom. The van der Waals surface area contributed by atoms with E-state index in [4.69, 9.17) is 4.98 Å². The molecule has 234 valence electrons. The summed E-state index contributed by atoms with van der Waals surface area (Å²) in [5.74, 6) is 1.68. The number of anilines is 2. The van der Waals surface area contributed by atoms with Gasteiger partial charge in [0.1, 0.15) is 17.2 Å². The van der Waals surface area contributed by atoms with Crippen molar-refractivity contribution < 1.29 is 9.59 Å². The van der Waals surface area contributed by atoms with Gasteiger partial charge in [0.05, 0.1) is 11.3 Å². The molecule has 2 N–H and O–H groups in total. The van der Waals surface area contributed by atoms with E-state index in [1.807, 2.05) is 47.1 Å². The first-order chi connectivity index (χ1) is 22.2. The van der Waals surface area contributed by atoms with Crippen molar-refractivity contribution in [2.24, 2.45) is 4.99 Å². The number of tetrazole rings is 1. The highest BCUT2D eigenvalue weighted by molar-refractivity contribution is 8.04. The number of hydrogen-bond donors (Lipinski definition) is 2. The van der Waals surface area contributed by atoms with E-state index >= 15 is 0 Å². The van der Waals surface area contributed by atoms with Crippen LogP contribution in [0.4, 0.5) is 11.5 Å². The van der Waals surface area contributed by atoms with Crippen LogP contribution >= 0.6 is 23.1 Å². The number of thioether (sulfide) groups is 1. The molecule has 5 aromatic rings. The summed E-state index contributed by atoms with van der Waals surface area (Å²) in [6.45, 7) is 8.17. The number of ketones is 1. The number of rotatable bonds is 10. The lowest BCUT2D eigenvalue weighted by Gasteiger charge is -2.25. The Morgan fingerprint density at radius 1 is 1.09 bits per heavy atom. The fourth-order valence-electron chi connectivity index (χ4n) is 4.94. The van der Waals surface area contributed by atoms with Crippen LogP contribution in [0.1, 0.15) is 45.1 Å². The predicted octanol–water partition coefficient (Wildman–Crippen LogP) is 5.56. The molecule has 0 saturated heterocycles. The molecule has 3 aromatic heterocycles. The quantitative estimate of drug-likeness (QED) is 0.145. The van der Waals surface area contributed by atoms with Crippen molar-refractivity contribution in [3.05, 3.63) is 94.6 Å². The molecule has 0 aliphatic heterocycles. The number of aromatic nitrogens is 7. The molecule has 6 rings (SSSR count). The highest BCUT2D eigenvalue weighted by Gasteiger charge is 2.27. The first-order valence-electron chi connectivity index (χ1n) is 14.6. The molecule has 46 heavy (non-hydrogen) atoms. The molecule has 0 spiro atoms. The molecule has 0 saturated carbocycles. The van der Waals surface area contributed by atoms with Crippen LogP contribution in [0, 0.1) is 0 Å². The van der Waals surface area contributed by atoms with Gasteiger partial charge in [-0.3, -0.25) is 9.59 Å². The van der Waals surface area contributed by atoms with Gasteiger partial charge in [0.2, 0.25) is 10.9 Å². The summed E-state index contributed by atoms with van der Waals surface area (Å²) in [5, 5.41) is 24.3. The van der Waals surface area contributed by atoms with E-state index in [1.165, 1.54) is 42.2 Å². The second kappa shape index (κ2) is 13.2. The molecule has 0 radical (unpaired) electrons. The molecular formula is C32H32N10O2S2. The number of carbonyl (C=O) groups excluding carboxylic acids is 2. The molecular weight excluding hydrogens is 621 g/mol. The van der Waals surface area contributed by atoms with Gasteiger partial charge in [0.15, 0.2) is 17.4 Å². The van der Waals surface area contributed by atoms with Gasteiger partial charge in [0, 0.05) is 41.5 Å². The Morgan fingerprint density at radius 3 is 2.61 bits per heavy atom. The zero-order valence-electron chi connectivity index (χ0n) is 25.7. The van der Waals surface area contributed by atoms with Crippen LogP contribution in [-0.4, -0.2) is 64.5 Å². The standard InChI is InChI=1S/C32H32N10O2S2/c1-20(43)35-25-15-14-24(44)18-26(25)45-17-16-33-29-27(37-31-41(29)34-19-46-31)22-10-12-23(13-11-22)36-28(21-8-6-5-7-9-21)30-38-39-40-42(30)32(2,3)4/h5-15,18-19,28,33,36H,16-17H2,1-4H3/b35-25+. The SMILES string of the molecule is CC(=O)/N=C1\C=CC(=O)C=C1SCCNc1c(-c2ccc(NC(c3ccccc3)c3nnnn3C(C)(C)C)cc2)nc2scnn12. The molecule has 0 fully saturated rings. The van der Waals surface area contributed by atoms with Crippen LogP contribution in [0.5, 0.6) is 0 Å². The summed E-state index contributed by atoms with van der Waals surface area (Å²) in [6.07, 6.45) is 4.51. The lowest BCUT2D eigenvalue weighted by atomic mass is 10.0. The zero-order chi connectivity index (χ0) is 32.3. The van der Waals surface area contributed by atoms with Crippen molar-refractivity contribution in [2.75, 3.05) is 22.9 Å². The molecule has 1 unspecified atom stereocenters. The van der Waals surface area contributed by atoms with E-state index in [0.717, 1.165) is 39.1 Å². The Bertz CT molecular complexity index is 1960. The monoisotopic (exact) mass is 652 g/mol. The van der Waals surface area contributed by atoms with E-state index in [-0.39, 0.29) is 23.3 Å². The summed E-state index contributed by atoms with van der Waals surface area (Å²) >= 11 is 2.92. The maximum atomic E-state index is 11.9. The van der Waals surface area contributed by atoms with Gasteiger partial charge in [-0.1, -0.05) is 53.8 Å². The highest BCUT2D eigenvalue weighted by atomic mass is 32.2. The number of fused-ring (bicyclic) bond motifs is 1.